The van der Waals surface area contributed by atoms with Crippen molar-refractivity contribution in [2.24, 2.45) is 0 Å². The predicted molar refractivity (Wildman–Crippen MR) is 54.8 cm³/mol. The number of aromatic amines is 1. The Morgan fingerprint density at radius 1 is 1.53 bits per heavy atom. The number of hydrogen-bond acceptors (Lipinski definition) is 3. The first kappa shape index (κ1) is 10.7. The van der Waals surface area contributed by atoms with Crippen LogP contribution in [0.15, 0.2) is 23.4 Å². The number of aliphatic hydroxyl groups excluding tert-OH is 1. The molecular formula is C9H14N2O3S. The summed E-state index contributed by atoms with van der Waals surface area (Å²) < 4.78 is 26.2. The Morgan fingerprint density at radius 3 is 2.67 bits per heavy atom. The van der Waals surface area contributed by atoms with Crippen molar-refractivity contribution in [3.8, 4) is 0 Å². The number of aromatic nitrogens is 1. The number of rotatable bonds is 4. The second-order valence-corrected chi connectivity index (χ2v) is 5.63. The van der Waals surface area contributed by atoms with E-state index >= 15 is 0 Å². The van der Waals surface area contributed by atoms with Crippen molar-refractivity contribution in [2.75, 3.05) is 6.61 Å². The molecule has 0 aromatic carbocycles. The Kier molecular flexibility index (Phi) is 2.57. The molecule has 0 bridgehead atoms. The molecule has 3 N–H and O–H groups in total. The Balaban J connectivity index is 2.18. The summed E-state index contributed by atoms with van der Waals surface area (Å²) in [6.45, 7) is -0.142. The van der Waals surface area contributed by atoms with Crippen molar-refractivity contribution in [3.05, 3.63) is 18.5 Å². The second-order valence-electron chi connectivity index (χ2n) is 3.94. The second kappa shape index (κ2) is 3.62. The van der Waals surface area contributed by atoms with E-state index in [0.29, 0.717) is 12.8 Å². The highest BCUT2D eigenvalue weighted by molar-refractivity contribution is 7.89. The van der Waals surface area contributed by atoms with Gasteiger partial charge in [0.2, 0.25) is 10.0 Å². The molecule has 2 rings (SSSR count). The topological polar surface area (TPSA) is 82.2 Å². The molecule has 5 nitrogen and oxygen atoms in total. The van der Waals surface area contributed by atoms with Crippen LogP contribution in [0.3, 0.4) is 0 Å². The standard InChI is InChI=1S/C9H14N2O3S/c12-7-9(3-1-4-9)11-15(13,14)8-2-5-10-6-8/h2,5-6,10-12H,1,3-4,7H2. The van der Waals surface area contributed by atoms with Crippen molar-refractivity contribution in [1.29, 1.82) is 0 Å². The van der Waals surface area contributed by atoms with Crippen molar-refractivity contribution >= 4 is 10.0 Å². The van der Waals surface area contributed by atoms with E-state index in [0.717, 1.165) is 6.42 Å². The number of hydrogen-bond donors (Lipinski definition) is 3. The van der Waals surface area contributed by atoms with Crippen molar-refractivity contribution in [2.45, 2.75) is 29.7 Å². The number of sulfonamides is 1. The summed E-state index contributed by atoms with van der Waals surface area (Å²) in [6, 6.07) is 1.49. The smallest absolute Gasteiger partial charge is 0.242 e. The molecule has 1 aromatic heterocycles. The van der Waals surface area contributed by atoms with E-state index in [-0.39, 0.29) is 11.5 Å². The Morgan fingerprint density at radius 2 is 2.27 bits per heavy atom. The van der Waals surface area contributed by atoms with Gasteiger partial charge in [0.25, 0.3) is 0 Å². The molecule has 0 atom stereocenters. The molecule has 15 heavy (non-hydrogen) atoms. The van der Waals surface area contributed by atoms with Gasteiger partial charge in [-0.1, -0.05) is 0 Å². The molecule has 0 radical (unpaired) electrons. The summed E-state index contributed by atoms with van der Waals surface area (Å²) in [5.41, 5.74) is -0.629. The lowest BCUT2D eigenvalue weighted by atomic mass is 9.78. The van der Waals surface area contributed by atoms with E-state index in [9.17, 15) is 8.42 Å². The Bertz CT molecular complexity index is 415. The van der Waals surface area contributed by atoms with Crippen molar-refractivity contribution < 1.29 is 13.5 Å². The lowest BCUT2D eigenvalue weighted by Crippen LogP contribution is -2.55. The molecule has 1 aromatic rings. The third-order valence-corrected chi connectivity index (χ3v) is 4.42. The quantitative estimate of drug-likeness (QED) is 0.691. The molecule has 0 unspecified atom stereocenters. The molecule has 1 saturated carbocycles. The first-order valence-corrected chi connectivity index (χ1v) is 6.34. The number of aliphatic hydroxyl groups is 1. The normalized spacial score (nSPS) is 19.8. The summed E-state index contributed by atoms with van der Waals surface area (Å²) in [4.78, 5) is 2.90. The van der Waals surface area contributed by atoms with Gasteiger partial charge in [-0.3, -0.25) is 0 Å². The number of H-pyrrole nitrogens is 1. The minimum absolute atomic E-state index is 0.142. The third-order valence-electron chi connectivity index (χ3n) is 2.84. The Labute approximate surface area is 88.6 Å². The van der Waals surface area contributed by atoms with Crippen LogP contribution in [-0.4, -0.2) is 30.7 Å². The minimum Gasteiger partial charge on any atom is -0.394 e. The molecule has 0 saturated heterocycles. The van der Waals surface area contributed by atoms with Gasteiger partial charge in [-0.15, -0.1) is 0 Å². The molecule has 84 valence electrons. The lowest BCUT2D eigenvalue weighted by molar-refractivity contribution is 0.110. The van der Waals surface area contributed by atoms with Gasteiger partial charge in [0, 0.05) is 12.4 Å². The van der Waals surface area contributed by atoms with Gasteiger partial charge in [-0.2, -0.15) is 0 Å². The summed E-state index contributed by atoms with van der Waals surface area (Å²) in [5.74, 6) is 0. The fourth-order valence-corrected chi connectivity index (χ4v) is 3.14. The maximum atomic E-state index is 11.8. The van der Waals surface area contributed by atoms with Crippen LogP contribution in [0.2, 0.25) is 0 Å². The first-order chi connectivity index (χ1) is 7.08. The van der Waals surface area contributed by atoms with Gasteiger partial charge in [0.05, 0.1) is 17.0 Å². The van der Waals surface area contributed by atoms with Crippen LogP contribution in [0.25, 0.3) is 0 Å². The molecular weight excluding hydrogens is 216 g/mol. The van der Waals surface area contributed by atoms with Gasteiger partial charge >= 0.3 is 0 Å². The maximum absolute atomic E-state index is 11.8. The average molecular weight is 230 g/mol. The zero-order valence-corrected chi connectivity index (χ0v) is 9.05. The van der Waals surface area contributed by atoms with Crippen LogP contribution in [0.5, 0.6) is 0 Å². The van der Waals surface area contributed by atoms with Crippen LogP contribution in [0.1, 0.15) is 19.3 Å². The van der Waals surface area contributed by atoms with Crippen LogP contribution in [0, 0.1) is 0 Å². The molecule has 1 heterocycles. The molecule has 0 amide bonds. The average Bonchev–Trinajstić information content (AvgIpc) is 2.64. The first-order valence-electron chi connectivity index (χ1n) is 4.86. The fourth-order valence-electron chi connectivity index (χ4n) is 1.72. The van der Waals surface area contributed by atoms with E-state index in [2.05, 4.69) is 9.71 Å². The van der Waals surface area contributed by atoms with Gasteiger partial charge in [0.15, 0.2) is 0 Å². The monoisotopic (exact) mass is 230 g/mol. The SMILES string of the molecule is O=S(=O)(NC1(CO)CCC1)c1cc[nH]c1. The molecule has 0 aliphatic heterocycles. The highest BCUT2D eigenvalue weighted by Crippen LogP contribution is 2.32. The summed E-state index contributed by atoms with van der Waals surface area (Å²) in [7, 11) is -3.49. The summed E-state index contributed by atoms with van der Waals surface area (Å²) in [5, 5.41) is 9.16. The third kappa shape index (κ3) is 1.92. The molecule has 1 fully saturated rings. The van der Waals surface area contributed by atoms with E-state index in [1.807, 2.05) is 0 Å². The van der Waals surface area contributed by atoms with Crippen molar-refractivity contribution in [1.82, 2.24) is 9.71 Å². The van der Waals surface area contributed by atoms with Crippen LogP contribution in [0.4, 0.5) is 0 Å². The van der Waals surface area contributed by atoms with Crippen LogP contribution < -0.4 is 4.72 Å². The molecule has 1 aliphatic rings. The molecule has 6 heteroatoms. The lowest BCUT2D eigenvalue weighted by Gasteiger charge is -2.40. The Hall–Kier alpha value is -0.850. The summed E-state index contributed by atoms with van der Waals surface area (Å²) >= 11 is 0. The van der Waals surface area contributed by atoms with Gasteiger partial charge in [-0.05, 0) is 25.3 Å². The van der Waals surface area contributed by atoms with E-state index in [1.54, 1.807) is 6.20 Å². The van der Waals surface area contributed by atoms with Gasteiger partial charge in [0.1, 0.15) is 0 Å². The molecule has 1 aliphatic carbocycles. The predicted octanol–water partition coefficient (Wildman–Crippen LogP) is 0.208. The van der Waals surface area contributed by atoms with Crippen LogP contribution in [-0.2, 0) is 10.0 Å². The van der Waals surface area contributed by atoms with Gasteiger partial charge < -0.3 is 10.1 Å². The number of nitrogens with one attached hydrogen (secondary N) is 2. The van der Waals surface area contributed by atoms with E-state index in [1.165, 1.54) is 12.3 Å². The largest absolute Gasteiger partial charge is 0.394 e. The highest BCUT2D eigenvalue weighted by Gasteiger charge is 2.40. The highest BCUT2D eigenvalue weighted by atomic mass is 32.2. The zero-order valence-electron chi connectivity index (χ0n) is 8.23. The minimum atomic E-state index is -3.49. The summed E-state index contributed by atoms with van der Waals surface area (Å²) in [6.07, 6.45) is 5.34. The van der Waals surface area contributed by atoms with Crippen LogP contribution >= 0.6 is 0 Å². The van der Waals surface area contributed by atoms with Crippen molar-refractivity contribution in [3.63, 3.8) is 0 Å². The zero-order chi connectivity index (χ0) is 10.9. The van der Waals surface area contributed by atoms with E-state index < -0.39 is 15.6 Å². The molecule has 0 spiro atoms. The maximum Gasteiger partial charge on any atom is 0.242 e. The van der Waals surface area contributed by atoms with E-state index in [4.69, 9.17) is 5.11 Å². The fraction of sp³-hybridized carbons (Fsp3) is 0.556. The van der Waals surface area contributed by atoms with Gasteiger partial charge in [-0.25, -0.2) is 13.1 Å².